The highest BCUT2D eigenvalue weighted by Gasteiger charge is 2.10. The molecule has 4 rings (SSSR count). The summed E-state index contributed by atoms with van der Waals surface area (Å²) in [6, 6.07) is 15.7. The number of aromatic nitrogens is 5. The fourth-order valence-electron chi connectivity index (χ4n) is 2.55. The number of nitrogens with zero attached hydrogens (tertiary/aromatic N) is 5. The van der Waals surface area contributed by atoms with E-state index < -0.39 is 0 Å². The first-order valence-electron chi connectivity index (χ1n) is 7.72. The van der Waals surface area contributed by atoms with Gasteiger partial charge in [-0.25, -0.2) is 10.1 Å². The van der Waals surface area contributed by atoms with Crippen molar-refractivity contribution < 1.29 is 0 Å². The van der Waals surface area contributed by atoms with Gasteiger partial charge < -0.3 is 0 Å². The number of H-pyrrole nitrogens is 1. The van der Waals surface area contributed by atoms with Crippen molar-refractivity contribution in [3.8, 4) is 11.4 Å². The lowest BCUT2D eigenvalue weighted by molar-refractivity contribution is 0.869. The zero-order chi connectivity index (χ0) is 17.2. The van der Waals surface area contributed by atoms with Crippen molar-refractivity contribution in [3.05, 3.63) is 70.8 Å². The number of rotatable bonds is 3. The van der Waals surface area contributed by atoms with Gasteiger partial charge in [-0.05, 0) is 36.8 Å². The Morgan fingerprint density at radius 2 is 1.84 bits per heavy atom. The largest absolute Gasteiger partial charge is 0.252 e. The van der Waals surface area contributed by atoms with Gasteiger partial charge in [-0.3, -0.25) is 4.98 Å². The number of hydrogen-bond acceptors (Lipinski definition) is 5. The summed E-state index contributed by atoms with van der Waals surface area (Å²) in [5.74, 6) is 0.660. The molecular formula is C18H14N6S. The monoisotopic (exact) mass is 346 g/mol. The van der Waals surface area contributed by atoms with Crippen LogP contribution in [0.25, 0.3) is 22.4 Å². The van der Waals surface area contributed by atoms with E-state index in [4.69, 9.17) is 12.2 Å². The van der Waals surface area contributed by atoms with Crippen LogP contribution in [-0.2, 0) is 0 Å². The third-order valence-corrected chi connectivity index (χ3v) is 4.07. The van der Waals surface area contributed by atoms with Crippen molar-refractivity contribution in [2.75, 3.05) is 0 Å². The maximum absolute atomic E-state index is 5.30. The number of aromatic amines is 1. The molecule has 0 aliphatic heterocycles. The lowest BCUT2D eigenvalue weighted by atomic mass is 10.1. The summed E-state index contributed by atoms with van der Waals surface area (Å²) < 4.78 is 2.01. The third-order valence-electron chi connectivity index (χ3n) is 3.81. The first-order valence-corrected chi connectivity index (χ1v) is 8.13. The zero-order valence-corrected chi connectivity index (χ0v) is 14.2. The van der Waals surface area contributed by atoms with Crippen LogP contribution in [0.5, 0.6) is 0 Å². The van der Waals surface area contributed by atoms with Gasteiger partial charge in [-0.15, -0.1) is 0 Å². The SMILES string of the molecule is Cc1ccccc1-c1n[nH]c(=S)n1/N=C\c1cnc2ccccc2n1. The molecule has 0 aliphatic carbocycles. The highest BCUT2D eigenvalue weighted by atomic mass is 32.1. The van der Waals surface area contributed by atoms with Crippen LogP contribution in [0.3, 0.4) is 0 Å². The number of benzene rings is 2. The molecule has 0 amide bonds. The molecule has 0 unspecified atom stereocenters. The molecule has 0 fully saturated rings. The third kappa shape index (κ3) is 2.97. The predicted octanol–water partition coefficient (Wildman–Crippen LogP) is 3.74. The molecule has 1 N–H and O–H groups in total. The Bertz CT molecular complexity index is 1140. The summed E-state index contributed by atoms with van der Waals surface area (Å²) >= 11 is 5.30. The molecule has 0 saturated carbocycles. The summed E-state index contributed by atoms with van der Waals surface area (Å²) in [4.78, 5) is 8.92. The van der Waals surface area contributed by atoms with Crippen LogP contribution in [0, 0.1) is 11.7 Å². The second kappa shape index (κ2) is 6.37. The van der Waals surface area contributed by atoms with E-state index in [0.717, 1.165) is 22.2 Å². The van der Waals surface area contributed by atoms with Crippen molar-refractivity contribution in [3.63, 3.8) is 0 Å². The maximum atomic E-state index is 5.30. The van der Waals surface area contributed by atoms with Crippen LogP contribution in [-0.4, -0.2) is 31.1 Å². The van der Waals surface area contributed by atoms with E-state index in [0.29, 0.717) is 16.3 Å². The summed E-state index contributed by atoms with van der Waals surface area (Å²) in [7, 11) is 0. The fourth-order valence-corrected chi connectivity index (χ4v) is 2.73. The summed E-state index contributed by atoms with van der Waals surface area (Å²) in [6.45, 7) is 2.02. The van der Waals surface area contributed by atoms with E-state index in [1.54, 1.807) is 17.1 Å². The minimum Gasteiger partial charge on any atom is -0.252 e. The molecular weight excluding hydrogens is 332 g/mol. The molecule has 0 radical (unpaired) electrons. The lowest BCUT2D eigenvalue weighted by Crippen LogP contribution is -1.98. The van der Waals surface area contributed by atoms with Gasteiger partial charge in [0.25, 0.3) is 0 Å². The Labute approximate surface area is 148 Å². The van der Waals surface area contributed by atoms with Crippen LogP contribution in [0.2, 0.25) is 0 Å². The minimum atomic E-state index is 0.420. The molecule has 0 bridgehead atoms. The molecule has 4 aromatic rings. The van der Waals surface area contributed by atoms with Crippen molar-refractivity contribution >= 4 is 29.5 Å². The molecule has 0 saturated heterocycles. The van der Waals surface area contributed by atoms with Crippen molar-refractivity contribution in [2.45, 2.75) is 6.92 Å². The van der Waals surface area contributed by atoms with E-state index in [-0.39, 0.29) is 0 Å². The fraction of sp³-hybridized carbons (Fsp3) is 0.0556. The van der Waals surface area contributed by atoms with Gasteiger partial charge in [0.2, 0.25) is 4.77 Å². The topological polar surface area (TPSA) is 71.8 Å². The van der Waals surface area contributed by atoms with Crippen molar-refractivity contribution in [2.24, 2.45) is 5.10 Å². The molecule has 2 heterocycles. The van der Waals surface area contributed by atoms with Crippen LogP contribution in [0.1, 0.15) is 11.3 Å². The van der Waals surface area contributed by atoms with E-state index in [1.165, 1.54) is 0 Å². The van der Waals surface area contributed by atoms with Gasteiger partial charge in [0.1, 0.15) is 5.69 Å². The van der Waals surface area contributed by atoms with Crippen LogP contribution in [0.15, 0.2) is 59.8 Å². The normalized spacial score (nSPS) is 11.4. The first kappa shape index (κ1) is 15.3. The first-order chi connectivity index (χ1) is 12.2. The Balaban J connectivity index is 1.75. The maximum Gasteiger partial charge on any atom is 0.216 e. The van der Waals surface area contributed by atoms with Gasteiger partial charge >= 0.3 is 0 Å². The Morgan fingerprint density at radius 1 is 1.08 bits per heavy atom. The molecule has 25 heavy (non-hydrogen) atoms. The minimum absolute atomic E-state index is 0.420. The standard InChI is InChI=1S/C18H14N6S/c1-12-6-2-3-7-14(12)17-22-23-18(25)24(17)20-11-13-10-19-15-8-4-5-9-16(15)21-13/h2-11H,1H3,(H,23,25)/b20-11-. The molecule has 0 atom stereocenters. The average Bonchev–Trinajstić information content (AvgIpc) is 3.00. The van der Waals surface area contributed by atoms with Crippen LogP contribution in [0.4, 0.5) is 0 Å². The van der Waals surface area contributed by atoms with Gasteiger partial charge in [0, 0.05) is 5.56 Å². The summed E-state index contributed by atoms with van der Waals surface area (Å²) in [6.07, 6.45) is 3.31. The second-order valence-corrected chi connectivity index (χ2v) is 5.89. The van der Waals surface area contributed by atoms with Gasteiger partial charge in [0.05, 0.1) is 23.4 Å². The number of para-hydroxylation sites is 2. The van der Waals surface area contributed by atoms with Crippen molar-refractivity contribution in [1.82, 2.24) is 24.8 Å². The molecule has 7 heteroatoms. The van der Waals surface area contributed by atoms with E-state index in [9.17, 15) is 0 Å². The quantitative estimate of drug-likeness (QED) is 0.453. The molecule has 122 valence electrons. The highest BCUT2D eigenvalue weighted by molar-refractivity contribution is 7.71. The van der Waals surface area contributed by atoms with Crippen LogP contribution < -0.4 is 0 Å². The molecule has 2 aromatic carbocycles. The Hall–Kier alpha value is -3.19. The number of aryl methyl sites for hydroxylation is 1. The Kier molecular flexibility index (Phi) is 3.91. The summed E-state index contributed by atoms with van der Waals surface area (Å²) in [5, 5.41) is 11.6. The smallest absolute Gasteiger partial charge is 0.216 e. The average molecular weight is 346 g/mol. The summed E-state index contributed by atoms with van der Waals surface area (Å²) in [5.41, 5.74) is 4.38. The highest BCUT2D eigenvalue weighted by Crippen LogP contribution is 2.21. The van der Waals surface area contributed by atoms with Gasteiger partial charge in [0.15, 0.2) is 5.82 Å². The lowest BCUT2D eigenvalue weighted by Gasteiger charge is -2.04. The van der Waals surface area contributed by atoms with Gasteiger partial charge in [-0.2, -0.15) is 14.9 Å². The van der Waals surface area contributed by atoms with E-state index in [2.05, 4.69) is 25.3 Å². The Morgan fingerprint density at radius 3 is 2.68 bits per heavy atom. The number of fused-ring (bicyclic) bond motifs is 1. The molecule has 2 aromatic heterocycles. The van der Waals surface area contributed by atoms with E-state index >= 15 is 0 Å². The zero-order valence-electron chi connectivity index (χ0n) is 13.4. The predicted molar refractivity (Wildman–Crippen MR) is 100 cm³/mol. The second-order valence-electron chi connectivity index (χ2n) is 5.51. The molecule has 0 spiro atoms. The van der Waals surface area contributed by atoms with Crippen molar-refractivity contribution in [1.29, 1.82) is 0 Å². The van der Waals surface area contributed by atoms with E-state index in [1.807, 2.05) is 55.5 Å². The number of nitrogens with one attached hydrogen (secondary N) is 1. The van der Waals surface area contributed by atoms with Crippen LogP contribution >= 0.6 is 12.2 Å². The van der Waals surface area contributed by atoms with Gasteiger partial charge in [-0.1, -0.05) is 36.4 Å². The molecule has 0 aliphatic rings. The molecule has 6 nitrogen and oxygen atoms in total. The number of hydrogen-bond donors (Lipinski definition) is 1.